The van der Waals surface area contributed by atoms with Crippen LogP contribution >= 0.6 is 15.9 Å². The second-order valence-electron chi connectivity index (χ2n) is 6.02. The summed E-state index contributed by atoms with van der Waals surface area (Å²) in [4.78, 5) is 3.18. The van der Waals surface area contributed by atoms with Gasteiger partial charge in [-0.3, -0.25) is 0 Å². The molecule has 2 heterocycles. The molecule has 2 aromatic carbocycles. The molecule has 0 fully saturated rings. The van der Waals surface area contributed by atoms with Gasteiger partial charge in [-0.05, 0) is 45.8 Å². The second-order valence-corrected chi connectivity index (χ2v) is 6.88. The largest absolute Gasteiger partial charge is 0.493 e. The Balaban J connectivity index is 1.88. The zero-order valence-corrected chi connectivity index (χ0v) is 15.5. The number of H-pyrrole nitrogens is 1. The summed E-state index contributed by atoms with van der Waals surface area (Å²) in [5, 5.41) is 11.3. The molecule has 2 unspecified atom stereocenters. The van der Waals surface area contributed by atoms with Crippen molar-refractivity contribution in [1.29, 1.82) is 0 Å². The highest BCUT2D eigenvalue weighted by Crippen LogP contribution is 2.46. The van der Waals surface area contributed by atoms with Gasteiger partial charge < -0.3 is 24.3 Å². The molecule has 0 aliphatic carbocycles. The van der Waals surface area contributed by atoms with Gasteiger partial charge in [-0.2, -0.15) is 0 Å². The fourth-order valence-corrected chi connectivity index (χ4v) is 4.12. The van der Waals surface area contributed by atoms with Gasteiger partial charge in [-0.1, -0.05) is 6.07 Å². The Morgan fingerprint density at radius 2 is 2.04 bits per heavy atom. The van der Waals surface area contributed by atoms with E-state index >= 15 is 0 Å². The van der Waals surface area contributed by atoms with Gasteiger partial charge in [0.2, 0.25) is 0 Å². The van der Waals surface area contributed by atoms with Crippen LogP contribution in [0.4, 0.5) is 0 Å². The number of aliphatic hydroxyl groups is 1. The van der Waals surface area contributed by atoms with Crippen molar-refractivity contribution in [2.75, 3.05) is 14.2 Å². The van der Waals surface area contributed by atoms with Crippen molar-refractivity contribution in [1.82, 2.24) is 4.98 Å². The Morgan fingerprint density at radius 1 is 1.20 bits per heavy atom. The molecule has 130 valence electrons. The molecule has 4 rings (SSSR count). The number of hydrogen-bond acceptors (Lipinski definition) is 4. The van der Waals surface area contributed by atoms with Crippen LogP contribution < -0.4 is 14.2 Å². The fourth-order valence-electron chi connectivity index (χ4n) is 3.50. The van der Waals surface area contributed by atoms with Gasteiger partial charge in [0.25, 0.3) is 0 Å². The molecule has 25 heavy (non-hydrogen) atoms. The summed E-state index contributed by atoms with van der Waals surface area (Å²) in [5.41, 5.74) is 3.07. The summed E-state index contributed by atoms with van der Waals surface area (Å²) in [6, 6.07) is 10.0. The third kappa shape index (κ3) is 2.65. The van der Waals surface area contributed by atoms with Gasteiger partial charge >= 0.3 is 0 Å². The molecule has 0 spiro atoms. The molecule has 3 aromatic rings. The van der Waals surface area contributed by atoms with Gasteiger partial charge in [-0.15, -0.1) is 0 Å². The monoisotopic (exact) mass is 403 g/mol. The second kappa shape index (κ2) is 6.28. The van der Waals surface area contributed by atoms with Crippen molar-refractivity contribution in [3.05, 3.63) is 52.1 Å². The lowest BCUT2D eigenvalue weighted by Gasteiger charge is -2.30. The van der Waals surface area contributed by atoms with Crippen molar-refractivity contribution in [3.63, 3.8) is 0 Å². The Morgan fingerprint density at radius 3 is 2.80 bits per heavy atom. The maximum absolute atomic E-state index is 10.3. The molecule has 1 aliphatic heterocycles. The predicted molar refractivity (Wildman–Crippen MR) is 98.6 cm³/mol. The molecular weight excluding hydrogens is 386 g/mol. The minimum Gasteiger partial charge on any atom is -0.493 e. The van der Waals surface area contributed by atoms with E-state index in [9.17, 15) is 5.11 Å². The number of ether oxygens (including phenoxy) is 3. The standard InChI is InChI=1S/C19H18BrNO4/c1-23-16-8-10(7-14(20)19(16)24-2)13-9-17(22)25-18-11(13)3-4-15-12(18)5-6-21-15/h3-8,13,17,21-22H,9H2,1-2H3. The van der Waals surface area contributed by atoms with Crippen molar-refractivity contribution in [2.45, 2.75) is 18.6 Å². The van der Waals surface area contributed by atoms with E-state index < -0.39 is 6.29 Å². The van der Waals surface area contributed by atoms with Crippen LogP contribution in [0.25, 0.3) is 10.9 Å². The smallest absolute Gasteiger partial charge is 0.198 e. The molecule has 2 atom stereocenters. The third-order valence-electron chi connectivity index (χ3n) is 4.64. The molecule has 2 N–H and O–H groups in total. The van der Waals surface area contributed by atoms with Crippen LogP contribution in [0.1, 0.15) is 23.5 Å². The number of nitrogens with one attached hydrogen (secondary N) is 1. The van der Waals surface area contributed by atoms with Crippen LogP contribution in [0, 0.1) is 0 Å². The highest BCUT2D eigenvalue weighted by Gasteiger charge is 2.31. The van der Waals surface area contributed by atoms with E-state index in [-0.39, 0.29) is 5.92 Å². The topological polar surface area (TPSA) is 63.7 Å². The van der Waals surface area contributed by atoms with E-state index in [1.165, 1.54) is 0 Å². The maximum Gasteiger partial charge on any atom is 0.198 e. The van der Waals surface area contributed by atoms with Crippen LogP contribution in [0.3, 0.4) is 0 Å². The van der Waals surface area contributed by atoms with Crippen molar-refractivity contribution in [2.24, 2.45) is 0 Å². The van der Waals surface area contributed by atoms with Crippen molar-refractivity contribution in [3.8, 4) is 17.2 Å². The molecule has 0 saturated carbocycles. The first-order valence-corrected chi connectivity index (χ1v) is 8.77. The highest BCUT2D eigenvalue weighted by molar-refractivity contribution is 9.10. The summed E-state index contributed by atoms with van der Waals surface area (Å²) < 4.78 is 17.4. The van der Waals surface area contributed by atoms with E-state index in [1.54, 1.807) is 14.2 Å². The van der Waals surface area contributed by atoms with Crippen LogP contribution in [0.15, 0.2) is 41.0 Å². The first-order chi connectivity index (χ1) is 12.1. The third-order valence-corrected chi connectivity index (χ3v) is 5.23. The normalized spacial score (nSPS) is 19.4. The van der Waals surface area contributed by atoms with E-state index in [0.717, 1.165) is 32.3 Å². The molecule has 0 bridgehead atoms. The number of hydrogen-bond donors (Lipinski definition) is 2. The molecule has 6 heteroatoms. The summed E-state index contributed by atoms with van der Waals surface area (Å²) in [6.45, 7) is 0. The lowest BCUT2D eigenvalue weighted by atomic mass is 9.85. The minimum absolute atomic E-state index is 0.00541. The SMILES string of the molecule is COc1cc(C2CC(O)Oc3c2ccc2[nH]ccc32)cc(Br)c1OC. The first kappa shape index (κ1) is 16.3. The number of methoxy groups -OCH3 is 2. The lowest BCUT2D eigenvalue weighted by molar-refractivity contribution is -0.0347. The Hall–Kier alpha value is -2.18. The Bertz CT molecular complexity index is 937. The fraction of sp³-hybridized carbons (Fsp3) is 0.263. The minimum atomic E-state index is -0.857. The van der Waals surface area contributed by atoms with Gasteiger partial charge in [0, 0.05) is 35.0 Å². The number of aliphatic hydroxyl groups excluding tert-OH is 1. The molecule has 1 aliphatic rings. The van der Waals surface area contributed by atoms with Gasteiger partial charge in [0.1, 0.15) is 5.75 Å². The number of aromatic amines is 1. The van der Waals surface area contributed by atoms with Gasteiger partial charge in [0.05, 0.1) is 18.7 Å². The van der Waals surface area contributed by atoms with E-state index in [0.29, 0.717) is 17.9 Å². The van der Waals surface area contributed by atoms with Crippen molar-refractivity contribution < 1.29 is 19.3 Å². The van der Waals surface area contributed by atoms with Crippen LogP contribution in [0.5, 0.6) is 17.2 Å². The molecule has 1 aromatic heterocycles. The van der Waals surface area contributed by atoms with Crippen LogP contribution in [0.2, 0.25) is 0 Å². The van der Waals surface area contributed by atoms with E-state index in [4.69, 9.17) is 14.2 Å². The quantitative estimate of drug-likeness (QED) is 0.688. The summed E-state index contributed by atoms with van der Waals surface area (Å²) in [5.74, 6) is 2.03. The molecule has 5 nitrogen and oxygen atoms in total. The molecule has 0 saturated heterocycles. The predicted octanol–water partition coefficient (Wildman–Crippen LogP) is 4.18. The molecule has 0 radical (unpaired) electrons. The average Bonchev–Trinajstić information content (AvgIpc) is 3.09. The van der Waals surface area contributed by atoms with Crippen LogP contribution in [-0.2, 0) is 0 Å². The number of aromatic nitrogens is 1. The summed E-state index contributed by atoms with van der Waals surface area (Å²) >= 11 is 3.55. The maximum atomic E-state index is 10.3. The summed E-state index contributed by atoms with van der Waals surface area (Å²) in [6.07, 6.45) is 1.49. The zero-order chi connectivity index (χ0) is 17.6. The van der Waals surface area contributed by atoms with Crippen molar-refractivity contribution >= 4 is 26.8 Å². The zero-order valence-electron chi connectivity index (χ0n) is 13.9. The van der Waals surface area contributed by atoms with Gasteiger partial charge in [-0.25, -0.2) is 0 Å². The molecule has 0 amide bonds. The van der Waals surface area contributed by atoms with Crippen LogP contribution in [-0.4, -0.2) is 30.6 Å². The van der Waals surface area contributed by atoms with E-state index in [1.807, 2.05) is 30.5 Å². The number of rotatable bonds is 3. The number of benzene rings is 2. The highest BCUT2D eigenvalue weighted by atomic mass is 79.9. The first-order valence-electron chi connectivity index (χ1n) is 7.98. The van der Waals surface area contributed by atoms with E-state index in [2.05, 4.69) is 27.0 Å². The number of halogens is 1. The molecular formula is C19H18BrNO4. The Kier molecular flexibility index (Phi) is 4.09. The lowest BCUT2D eigenvalue weighted by Crippen LogP contribution is -2.25. The van der Waals surface area contributed by atoms with Gasteiger partial charge in [0.15, 0.2) is 17.8 Å². The number of fused-ring (bicyclic) bond motifs is 3. The average molecular weight is 404 g/mol. The Labute approximate surface area is 153 Å². The summed E-state index contributed by atoms with van der Waals surface area (Å²) in [7, 11) is 3.22.